The molecule has 0 aromatic carbocycles. The summed E-state index contributed by atoms with van der Waals surface area (Å²) in [5, 5.41) is 12.8. The van der Waals surface area contributed by atoms with Crippen LogP contribution in [-0.4, -0.2) is 47.6 Å². The first kappa shape index (κ1) is 16.9. The van der Waals surface area contributed by atoms with Crippen molar-refractivity contribution >= 4 is 5.91 Å². The smallest absolute Gasteiger partial charge is 0.252 e. The van der Waals surface area contributed by atoms with Gasteiger partial charge in [-0.05, 0) is 25.8 Å². The van der Waals surface area contributed by atoms with Gasteiger partial charge in [0.2, 0.25) is 5.88 Å². The Morgan fingerprint density at radius 2 is 2.30 bits per heavy atom. The third kappa shape index (κ3) is 4.03. The molecule has 6 heteroatoms. The fourth-order valence-electron chi connectivity index (χ4n) is 2.46. The Kier molecular flexibility index (Phi) is 5.62. The minimum atomic E-state index is -0.238. The predicted octanol–water partition coefficient (Wildman–Crippen LogP) is 1.80. The van der Waals surface area contributed by atoms with Gasteiger partial charge in [-0.2, -0.15) is 0 Å². The van der Waals surface area contributed by atoms with Gasteiger partial charge in [-0.3, -0.25) is 4.79 Å². The number of hydrogen-bond acceptors (Lipinski definition) is 5. The quantitative estimate of drug-likeness (QED) is 0.750. The number of nitrogens with zero attached hydrogens (tertiary/aromatic N) is 2. The van der Waals surface area contributed by atoms with E-state index in [4.69, 9.17) is 4.74 Å². The van der Waals surface area contributed by atoms with Gasteiger partial charge in [0, 0.05) is 24.8 Å². The van der Waals surface area contributed by atoms with Crippen LogP contribution >= 0.6 is 0 Å². The number of methoxy groups -OCH3 is 1. The number of likely N-dealkylation sites (N-methyl/N-ethyl adjacent to an activating group) is 1. The van der Waals surface area contributed by atoms with Crippen molar-refractivity contribution in [1.29, 1.82) is 0 Å². The minimum Gasteiger partial charge on any atom is -0.505 e. The Morgan fingerprint density at radius 1 is 1.52 bits per heavy atom. The molecular weight excluding hydrogens is 294 g/mol. The number of carbonyl (C=O) groups excluding carboxylic acids is 1. The Balaban J connectivity index is 1.80. The molecule has 0 saturated heterocycles. The van der Waals surface area contributed by atoms with E-state index in [1.165, 1.54) is 0 Å². The number of aryl methyl sites for hydroxylation is 1. The van der Waals surface area contributed by atoms with Crippen LogP contribution in [0, 0.1) is 0 Å². The van der Waals surface area contributed by atoms with Gasteiger partial charge < -0.3 is 20.1 Å². The summed E-state index contributed by atoms with van der Waals surface area (Å²) >= 11 is 0. The molecule has 1 aliphatic rings. The molecule has 1 amide bonds. The van der Waals surface area contributed by atoms with E-state index in [1.807, 2.05) is 24.0 Å². The van der Waals surface area contributed by atoms with Crippen LogP contribution in [0.1, 0.15) is 19.0 Å². The van der Waals surface area contributed by atoms with Crippen LogP contribution in [0.5, 0.6) is 5.88 Å². The van der Waals surface area contributed by atoms with Gasteiger partial charge in [0.05, 0.1) is 24.9 Å². The lowest BCUT2D eigenvalue weighted by atomic mass is 10.2. The summed E-state index contributed by atoms with van der Waals surface area (Å²) in [5.41, 5.74) is 1.82. The van der Waals surface area contributed by atoms with Crippen molar-refractivity contribution in [1.82, 2.24) is 15.2 Å². The van der Waals surface area contributed by atoms with Gasteiger partial charge >= 0.3 is 0 Å². The Hall–Kier alpha value is -2.50. The molecule has 0 unspecified atom stereocenters. The summed E-state index contributed by atoms with van der Waals surface area (Å²) in [5.74, 6) is 0.350. The highest BCUT2D eigenvalue weighted by atomic mass is 16.5. The Bertz CT molecular complexity index is 625. The van der Waals surface area contributed by atoms with Crippen LogP contribution in [0.2, 0.25) is 0 Å². The number of amides is 1. The topological polar surface area (TPSA) is 74.7 Å². The monoisotopic (exact) mass is 317 g/mol. The van der Waals surface area contributed by atoms with Crippen LogP contribution in [0.4, 0.5) is 0 Å². The number of ether oxygens (including phenoxy) is 1. The Labute approximate surface area is 136 Å². The number of pyridine rings is 1. The number of carbonyl (C=O) groups is 1. The highest BCUT2D eigenvalue weighted by molar-refractivity contribution is 5.95. The summed E-state index contributed by atoms with van der Waals surface area (Å²) in [6.07, 6.45) is 1.51. The van der Waals surface area contributed by atoms with Gasteiger partial charge in [-0.25, -0.2) is 4.98 Å². The lowest BCUT2D eigenvalue weighted by Gasteiger charge is -2.16. The van der Waals surface area contributed by atoms with E-state index in [2.05, 4.69) is 16.9 Å². The number of aromatic nitrogens is 1. The molecule has 2 rings (SSSR count). The zero-order valence-electron chi connectivity index (χ0n) is 13.6. The maximum atomic E-state index is 12.1. The van der Waals surface area contributed by atoms with Crippen molar-refractivity contribution in [3.63, 3.8) is 0 Å². The van der Waals surface area contributed by atoms with Crippen LogP contribution in [-0.2, 0) is 11.2 Å². The molecule has 0 saturated carbocycles. The number of hydrogen-bond donors (Lipinski definition) is 2. The SMILES string of the molecule is C=C1C(O)=C(C(=O)NCCCc2cccc(OC)n2)CN1CC. The molecule has 0 fully saturated rings. The normalized spacial score (nSPS) is 14.3. The highest BCUT2D eigenvalue weighted by Crippen LogP contribution is 2.24. The molecule has 0 radical (unpaired) electrons. The van der Waals surface area contributed by atoms with E-state index in [0.717, 1.165) is 18.5 Å². The maximum Gasteiger partial charge on any atom is 0.252 e. The third-order valence-electron chi connectivity index (χ3n) is 3.83. The van der Waals surface area contributed by atoms with Crippen LogP contribution in [0.3, 0.4) is 0 Å². The second kappa shape index (κ2) is 7.67. The van der Waals surface area contributed by atoms with E-state index < -0.39 is 0 Å². The largest absolute Gasteiger partial charge is 0.505 e. The molecule has 6 nitrogen and oxygen atoms in total. The van der Waals surface area contributed by atoms with Gasteiger partial charge in [-0.1, -0.05) is 12.6 Å². The van der Waals surface area contributed by atoms with E-state index in [0.29, 0.717) is 36.8 Å². The number of aliphatic hydroxyl groups is 1. The van der Waals surface area contributed by atoms with Crippen molar-refractivity contribution in [3.8, 4) is 5.88 Å². The zero-order chi connectivity index (χ0) is 16.8. The molecular formula is C17H23N3O3. The first-order chi connectivity index (χ1) is 11.1. The summed E-state index contributed by atoms with van der Waals surface area (Å²) in [7, 11) is 1.58. The average molecular weight is 317 g/mol. The molecule has 0 spiro atoms. The molecule has 0 atom stereocenters. The summed E-state index contributed by atoms with van der Waals surface area (Å²) in [6.45, 7) is 7.39. The lowest BCUT2D eigenvalue weighted by Crippen LogP contribution is -2.29. The van der Waals surface area contributed by atoms with Crippen LogP contribution < -0.4 is 10.1 Å². The van der Waals surface area contributed by atoms with Crippen LogP contribution in [0.25, 0.3) is 0 Å². The van der Waals surface area contributed by atoms with E-state index >= 15 is 0 Å². The van der Waals surface area contributed by atoms with E-state index in [-0.39, 0.29) is 11.7 Å². The minimum absolute atomic E-state index is 0.00110. The fraction of sp³-hybridized carbons (Fsp3) is 0.412. The summed E-state index contributed by atoms with van der Waals surface area (Å²) < 4.78 is 5.08. The first-order valence-corrected chi connectivity index (χ1v) is 7.71. The third-order valence-corrected chi connectivity index (χ3v) is 3.83. The molecule has 1 aromatic heterocycles. The van der Waals surface area contributed by atoms with Gasteiger partial charge in [0.1, 0.15) is 5.76 Å². The molecule has 124 valence electrons. The molecule has 0 bridgehead atoms. The number of nitrogens with one attached hydrogen (secondary N) is 1. The van der Waals surface area contributed by atoms with Gasteiger partial charge in [-0.15, -0.1) is 0 Å². The van der Waals surface area contributed by atoms with Gasteiger partial charge in [0.15, 0.2) is 0 Å². The van der Waals surface area contributed by atoms with Gasteiger partial charge in [0.25, 0.3) is 5.91 Å². The number of aliphatic hydroxyl groups excluding tert-OH is 1. The first-order valence-electron chi connectivity index (χ1n) is 7.71. The summed E-state index contributed by atoms with van der Waals surface area (Å²) in [6, 6.07) is 5.62. The van der Waals surface area contributed by atoms with Crippen molar-refractivity contribution in [2.45, 2.75) is 19.8 Å². The standard InChI is InChI=1S/C17H23N3O3/c1-4-20-11-14(16(21)12(20)2)17(22)18-10-6-8-13-7-5-9-15(19-13)23-3/h5,7,9,21H,2,4,6,8,10-11H2,1,3H3,(H,18,22). The highest BCUT2D eigenvalue weighted by Gasteiger charge is 2.28. The fourth-order valence-corrected chi connectivity index (χ4v) is 2.46. The molecule has 23 heavy (non-hydrogen) atoms. The number of rotatable bonds is 7. The maximum absolute atomic E-state index is 12.1. The molecule has 2 heterocycles. The second-order valence-corrected chi connectivity index (χ2v) is 5.32. The molecule has 0 aliphatic carbocycles. The summed E-state index contributed by atoms with van der Waals surface area (Å²) in [4.78, 5) is 18.3. The average Bonchev–Trinajstić information content (AvgIpc) is 2.87. The second-order valence-electron chi connectivity index (χ2n) is 5.32. The molecule has 2 N–H and O–H groups in total. The Morgan fingerprint density at radius 3 is 2.96 bits per heavy atom. The van der Waals surface area contributed by atoms with E-state index in [1.54, 1.807) is 13.2 Å². The van der Waals surface area contributed by atoms with E-state index in [9.17, 15) is 9.90 Å². The molecule has 1 aliphatic heterocycles. The predicted molar refractivity (Wildman–Crippen MR) is 88.2 cm³/mol. The zero-order valence-corrected chi connectivity index (χ0v) is 13.6. The lowest BCUT2D eigenvalue weighted by molar-refractivity contribution is -0.117. The van der Waals surface area contributed by atoms with Crippen molar-refractivity contribution in [2.75, 3.05) is 26.7 Å². The molecule has 1 aromatic rings. The van der Waals surface area contributed by atoms with Crippen LogP contribution in [0.15, 0.2) is 41.8 Å². The van der Waals surface area contributed by atoms with Crippen molar-refractivity contribution in [2.24, 2.45) is 0 Å². The van der Waals surface area contributed by atoms with Crippen molar-refractivity contribution in [3.05, 3.63) is 47.5 Å². The van der Waals surface area contributed by atoms with Crippen molar-refractivity contribution < 1.29 is 14.6 Å².